The Kier molecular flexibility index (Phi) is 4.40. The van der Waals surface area contributed by atoms with Crippen LogP contribution < -0.4 is 5.32 Å². The predicted molar refractivity (Wildman–Crippen MR) is 98.2 cm³/mol. The molecular formula is C17H23N5O2S. The average Bonchev–Trinajstić information content (AvgIpc) is 3.06. The number of nitrogens with one attached hydrogen (secondary N) is 1. The molecular weight excluding hydrogens is 338 g/mol. The van der Waals surface area contributed by atoms with Crippen LogP contribution >= 0.6 is 11.3 Å². The molecule has 0 aliphatic heterocycles. The fraction of sp³-hybridized carbons (Fsp3) is 0.529. The van der Waals surface area contributed by atoms with E-state index in [-0.39, 0.29) is 23.8 Å². The van der Waals surface area contributed by atoms with E-state index in [1.165, 1.54) is 18.3 Å². The summed E-state index contributed by atoms with van der Waals surface area (Å²) in [5.41, 5.74) is 3.42. The molecule has 0 saturated heterocycles. The number of rotatable bonds is 3. The van der Waals surface area contributed by atoms with Gasteiger partial charge in [-0.15, -0.1) is 0 Å². The summed E-state index contributed by atoms with van der Waals surface area (Å²) in [5.74, 6) is -0.0843. The van der Waals surface area contributed by atoms with Crippen LogP contribution in [0.3, 0.4) is 0 Å². The summed E-state index contributed by atoms with van der Waals surface area (Å²) in [4.78, 5) is 31.1. The lowest BCUT2D eigenvalue weighted by atomic mass is 9.87. The van der Waals surface area contributed by atoms with Crippen LogP contribution in [0.15, 0.2) is 0 Å². The quantitative estimate of drug-likeness (QED) is 0.911. The van der Waals surface area contributed by atoms with Crippen molar-refractivity contribution >= 4 is 28.3 Å². The minimum absolute atomic E-state index is 0.0856. The van der Waals surface area contributed by atoms with Crippen molar-refractivity contribution in [1.29, 1.82) is 0 Å². The van der Waals surface area contributed by atoms with Crippen LogP contribution in [-0.2, 0) is 11.2 Å². The first-order valence-electron chi connectivity index (χ1n) is 8.32. The minimum Gasteiger partial charge on any atom is -0.343 e. The number of nitrogens with zero attached hydrogens (tertiary/aromatic N) is 4. The maximum atomic E-state index is 12.6. The Morgan fingerprint density at radius 2 is 2.04 bits per heavy atom. The third-order valence-corrected chi connectivity index (χ3v) is 5.25. The molecule has 2 heterocycles. The van der Waals surface area contributed by atoms with Crippen LogP contribution in [-0.4, -0.2) is 45.6 Å². The first kappa shape index (κ1) is 17.6. The summed E-state index contributed by atoms with van der Waals surface area (Å²) in [6, 6.07) is 0.113. The van der Waals surface area contributed by atoms with E-state index in [0.717, 1.165) is 28.2 Å². The molecule has 3 rings (SSSR count). The highest BCUT2D eigenvalue weighted by molar-refractivity contribution is 7.19. The molecule has 2 aromatic heterocycles. The lowest BCUT2D eigenvalue weighted by Gasteiger charge is -2.21. The van der Waals surface area contributed by atoms with E-state index in [4.69, 9.17) is 0 Å². The zero-order valence-corrected chi connectivity index (χ0v) is 16.2. The molecule has 8 heteroatoms. The van der Waals surface area contributed by atoms with Gasteiger partial charge in [0.2, 0.25) is 5.91 Å². The summed E-state index contributed by atoms with van der Waals surface area (Å²) in [7, 11) is 3.48. The fourth-order valence-electron chi connectivity index (χ4n) is 3.15. The van der Waals surface area contributed by atoms with Crippen LogP contribution in [0, 0.1) is 0 Å². The minimum atomic E-state index is -0.139. The van der Waals surface area contributed by atoms with Crippen molar-refractivity contribution in [1.82, 2.24) is 19.7 Å². The molecule has 2 amide bonds. The van der Waals surface area contributed by atoms with E-state index in [1.54, 1.807) is 19.0 Å². The molecule has 0 radical (unpaired) electrons. The SMILES string of the molecule is CC(=O)Nc1nc2c(s1)-c1c(c(C(=O)N(C)C)nn1C(C)C)C(C)C2. The lowest BCUT2D eigenvalue weighted by Crippen LogP contribution is -2.24. The molecule has 1 N–H and O–H groups in total. The van der Waals surface area contributed by atoms with Gasteiger partial charge in [0.1, 0.15) is 0 Å². The normalized spacial score (nSPS) is 15.7. The van der Waals surface area contributed by atoms with Crippen LogP contribution in [0.4, 0.5) is 5.13 Å². The molecule has 0 bridgehead atoms. The van der Waals surface area contributed by atoms with Gasteiger partial charge in [-0.1, -0.05) is 18.3 Å². The number of amides is 2. The highest BCUT2D eigenvalue weighted by atomic mass is 32.1. The number of carbonyl (C=O) groups is 2. The number of aromatic nitrogens is 3. The molecule has 7 nitrogen and oxygen atoms in total. The fourth-order valence-corrected chi connectivity index (χ4v) is 4.25. The van der Waals surface area contributed by atoms with Crippen molar-refractivity contribution in [2.45, 2.75) is 46.1 Å². The number of hydrogen-bond donors (Lipinski definition) is 1. The van der Waals surface area contributed by atoms with Crippen molar-refractivity contribution < 1.29 is 9.59 Å². The zero-order valence-electron chi connectivity index (χ0n) is 15.4. The summed E-state index contributed by atoms with van der Waals surface area (Å²) in [5, 5.41) is 8.01. The van der Waals surface area contributed by atoms with Gasteiger partial charge in [0.15, 0.2) is 10.8 Å². The van der Waals surface area contributed by atoms with Gasteiger partial charge >= 0.3 is 0 Å². The Balaban J connectivity index is 2.22. The summed E-state index contributed by atoms with van der Waals surface area (Å²) >= 11 is 1.44. The highest BCUT2D eigenvalue weighted by Crippen LogP contribution is 2.46. The Labute approximate surface area is 151 Å². The van der Waals surface area contributed by atoms with Gasteiger partial charge < -0.3 is 10.2 Å². The second-order valence-corrected chi connectivity index (χ2v) is 7.93. The van der Waals surface area contributed by atoms with E-state index in [2.05, 4.69) is 22.3 Å². The molecule has 0 fully saturated rings. The molecule has 25 heavy (non-hydrogen) atoms. The van der Waals surface area contributed by atoms with Gasteiger partial charge in [-0.25, -0.2) is 4.98 Å². The zero-order chi connectivity index (χ0) is 18.5. The number of thiazole rings is 1. The average molecular weight is 361 g/mol. The molecule has 134 valence electrons. The molecule has 1 aliphatic carbocycles. The smallest absolute Gasteiger partial charge is 0.274 e. The van der Waals surface area contributed by atoms with Crippen molar-refractivity contribution in [3.8, 4) is 10.6 Å². The van der Waals surface area contributed by atoms with E-state index in [9.17, 15) is 9.59 Å². The molecule has 1 atom stereocenters. The van der Waals surface area contributed by atoms with E-state index in [0.29, 0.717) is 10.8 Å². The van der Waals surface area contributed by atoms with Gasteiger partial charge in [-0.2, -0.15) is 5.10 Å². The number of hydrogen-bond acceptors (Lipinski definition) is 5. The number of carbonyl (C=O) groups excluding carboxylic acids is 2. The van der Waals surface area contributed by atoms with Gasteiger partial charge in [0, 0.05) is 32.6 Å². The lowest BCUT2D eigenvalue weighted by molar-refractivity contribution is -0.114. The molecule has 0 saturated carbocycles. The Bertz CT molecular complexity index is 850. The van der Waals surface area contributed by atoms with Crippen LogP contribution in [0.5, 0.6) is 0 Å². The largest absolute Gasteiger partial charge is 0.343 e. The van der Waals surface area contributed by atoms with Gasteiger partial charge in [0.05, 0.1) is 16.3 Å². The second kappa shape index (κ2) is 6.25. The topological polar surface area (TPSA) is 80.1 Å². The summed E-state index contributed by atoms with van der Waals surface area (Å²) in [6.45, 7) is 7.66. The van der Waals surface area contributed by atoms with Crippen molar-refractivity contribution in [2.24, 2.45) is 0 Å². The Morgan fingerprint density at radius 1 is 1.36 bits per heavy atom. The first-order chi connectivity index (χ1) is 11.7. The van der Waals surface area contributed by atoms with Gasteiger partial charge in [-0.3, -0.25) is 14.3 Å². The van der Waals surface area contributed by atoms with E-state index < -0.39 is 0 Å². The third-order valence-electron chi connectivity index (χ3n) is 4.23. The number of fused-ring (bicyclic) bond motifs is 3. The number of anilines is 1. The van der Waals surface area contributed by atoms with Crippen LogP contribution in [0.25, 0.3) is 10.6 Å². The molecule has 1 aliphatic rings. The van der Waals surface area contributed by atoms with Crippen LogP contribution in [0.1, 0.15) is 61.4 Å². The standard InChI is InChI=1S/C17H23N5O2S/c1-8(2)22-14-12(13(20-22)16(24)21(5)6)9(3)7-11-15(14)25-17(19-11)18-10(4)23/h8-9H,7H2,1-6H3,(H,18,19,23). The molecule has 0 aromatic carbocycles. The van der Waals surface area contributed by atoms with Gasteiger partial charge in [-0.05, 0) is 26.2 Å². The van der Waals surface area contributed by atoms with Crippen molar-refractivity contribution in [3.63, 3.8) is 0 Å². The molecule has 1 unspecified atom stereocenters. The maximum absolute atomic E-state index is 12.6. The van der Waals surface area contributed by atoms with Crippen LogP contribution in [0.2, 0.25) is 0 Å². The monoisotopic (exact) mass is 361 g/mol. The van der Waals surface area contributed by atoms with E-state index in [1.807, 2.05) is 18.5 Å². The van der Waals surface area contributed by atoms with Crippen molar-refractivity contribution in [2.75, 3.05) is 19.4 Å². The molecule has 0 spiro atoms. The summed E-state index contributed by atoms with van der Waals surface area (Å²) < 4.78 is 1.91. The van der Waals surface area contributed by atoms with E-state index >= 15 is 0 Å². The molecule has 2 aromatic rings. The Hall–Kier alpha value is -2.22. The maximum Gasteiger partial charge on any atom is 0.274 e. The summed E-state index contributed by atoms with van der Waals surface area (Å²) in [6.07, 6.45) is 0.732. The second-order valence-electron chi connectivity index (χ2n) is 6.93. The Morgan fingerprint density at radius 3 is 2.60 bits per heavy atom. The third kappa shape index (κ3) is 2.95. The predicted octanol–water partition coefficient (Wildman–Crippen LogP) is 2.91. The first-order valence-corrected chi connectivity index (χ1v) is 9.14. The van der Waals surface area contributed by atoms with Gasteiger partial charge in [0.25, 0.3) is 5.91 Å². The highest BCUT2D eigenvalue weighted by Gasteiger charge is 2.35. The van der Waals surface area contributed by atoms with Crippen molar-refractivity contribution in [3.05, 3.63) is 17.0 Å².